The lowest BCUT2D eigenvalue weighted by Gasteiger charge is -2.13. The molecule has 0 saturated carbocycles. The number of amides is 1. The lowest BCUT2D eigenvalue weighted by molar-refractivity contribution is 0.0827. The first-order chi connectivity index (χ1) is 13.0. The first kappa shape index (κ1) is 24.4. The molecule has 2 rings (SSSR count). The van der Waals surface area contributed by atoms with Gasteiger partial charge in [0, 0.05) is 37.2 Å². The summed E-state index contributed by atoms with van der Waals surface area (Å²) in [4.78, 5) is 18.3. The minimum Gasteiger partial charge on any atom is -0.357 e. The van der Waals surface area contributed by atoms with Gasteiger partial charge in [-0.15, -0.1) is 24.0 Å². The van der Waals surface area contributed by atoms with E-state index in [1.54, 1.807) is 19.0 Å². The Morgan fingerprint density at radius 2 is 1.79 bits per heavy atom. The van der Waals surface area contributed by atoms with Gasteiger partial charge in [-0.05, 0) is 48.7 Å². The lowest BCUT2D eigenvalue weighted by Crippen LogP contribution is -2.38. The minimum absolute atomic E-state index is 0. The third-order valence-electron chi connectivity index (χ3n) is 3.96. The van der Waals surface area contributed by atoms with Crippen LogP contribution in [0.25, 0.3) is 0 Å². The van der Waals surface area contributed by atoms with E-state index in [0.29, 0.717) is 12.1 Å². The van der Waals surface area contributed by atoms with Crippen LogP contribution in [-0.2, 0) is 13.0 Å². The van der Waals surface area contributed by atoms with Crippen LogP contribution in [0.4, 0.5) is 0 Å². The first-order valence-corrected chi connectivity index (χ1v) is 9.86. The Labute approximate surface area is 193 Å². The Hall–Kier alpha value is -1.61. The Morgan fingerprint density at radius 1 is 1.07 bits per heavy atom. The Balaban J connectivity index is 0.00000392. The molecule has 0 atom stereocenters. The van der Waals surface area contributed by atoms with Gasteiger partial charge in [0.25, 0.3) is 5.91 Å². The van der Waals surface area contributed by atoms with Crippen LogP contribution in [0.3, 0.4) is 0 Å². The fourth-order valence-electron chi connectivity index (χ4n) is 2.55. The molecule has 0 bridgehead atoms. The van der Waals surface area contributed by atoms with Crippen LogP contribution < -0.4 is 10.6 Å². The van der Waals surface area contributed by atoms with Crippen molar-refractivity contribution in [2.75, 3.05) is 27.2 Å². The summed E-state index contributed by atoms with van der Waals surface area (Å²) in [5, 5.41) is 6.62. The summed E-state index contributed by atoms with van der Waals surface area (Å²) >= 11 is 3.44. The van der Waals surface area contributed by atoms with Crippen LogP contribution in [0.5, 0.6) is 0 Å². The van der Waals surface area contributed by atoms with E-state index in [2.05, 4.69) is 43.7 Å². The normalized spacial score (nSPS) is 10.8. The van der Waals surface area contributed by atoms with Crippen molar-refractivity contribution in [1.82, 2.24) is 15.5 Å². The van der Waals surface area contributed by atoms with Crippen LogP contribution in [0, 0.1) is 0 Å². The number of halogens is 2. The van der Waals surface area contributed by atoms with Gasteiger partial charge >= 0.3 is 0 Å². The van der Waals surface area contributed by atoms with Crippen LogP contribution in [0.1, 0.15) is 28.4 Å². The van der Waals surface area contributed by atoms with Crippen LogP contribution in [0.2, 0.25) is 0 Å². The van der Waals surface area contributed by atoms with Gasteiger partial charge in [-0.25, -0.2) is 4.99 Å². The maximum Gasteiger partial charge on any atom is 0.253 e. The Bertz CT molecular complexity index is 778. The number of guanidine groups is 1. The predicted molar refractivity (Wildman–Crippen MR) is 131 cm³/mol. The second kappa shape index (κ2) is 12.8. The largest absolute Gasteiger partial charge is 0.357 e. The van der Waals surface area contributed by atoms with Gasteiger partial charge in [0.1, 0.15) is 0 Å². The van der Waals surface area contributed by atoms with Crippen LogP contribution >= 0.6 is 39.9 Å². The van der Waals surface area contributed by atoms with Gasteiger partial charge in [-0.2, -0.15) is 0 Å². The molecule has 0 fully saturated rings. The molecule has 0 heterocycles. The molecule has 0 radical (unpaired) electrons. The highest BCUT2D eigenvalue weighted by molar-refractivity contribution is 14.0. The number of nitrogens with one attached hydrogen (secondary N) is 2. The topological polar surface area (TPSA) is 56.7 Å². The maximum absolute atomic E-state index is 12.1. The summed E-state index contributed by atoms with van der Waals surface area (Å²) in [5.41, 5.74) is 3.00. The van der Waals surface area contributed by atoms with E-state index in [4.69, 9.17) is 0 Å². The second-order valence-corrected chi connectivity index (χ2v) is 7.31. The fraction of sp³-hybridized carbons (Fsp3) is 0.333. The van der Waals surface area contributed by atoms with Crippen molar-refractivity contribution in [3.63, 3.8) is 0 Å². The summed E-state index contributed by atoms with van der Waals surface area (Å²) in [6.07, 6.45) is 0.817. The molecular formula is C21H28BrIN4O. The highest BCUT2D eigenvalue weighted by Gasteiger charge is 2.08. The third kappa shape index (κ3) is 8.18. The molecule has 0 aliphatic heterocycles. The summed E-state index contributed by atoms with van der Waals surface area (Å²) in [6, 6.07) is 15.9. The van der Waals surface area contributed by atoms with E-state index in [-0.39, 0.29) is 29.9 Å². The van der Waals surface area contributed by atoms with Crippen LogP contribution in [-0.4, -0.2) is 44.0 Å². The van der Waals surface area contributed by atoms with Crippen molar-refractivity contribution >= 4 is 51.8 Å². The summed E-state index contributed by atoms with van der Waals surface area (Å²) in [6.45, 7) is 4.22. The van der Waals surface area contributed by atoms with Crippen molar-refractivity contribution in [2.45, 2.75) is 19.9 Å². The average molecular weight is 559 g/mol. The highest BCUT2D eigenvalue weighted by Crippen LogP contribution is 2.11. The number of rotatable bonds is 7. The highest BCUT2D eigenvalue weighted by atomic mass is 127. The molecule has 5 nitrogen and oxygen atoms in total. The van der Waals surface area contributed by atoms with Crippen molar-refractivity contribution in [1.29, 1.82) is 0 Å². The molecular weight excluding hydrogens is 531 g/mol. The van der Waals surface area contributed by atoms with Crippen molar-refractivity contribution in [3.05, 3.63) is 69.7 Å². The smallest absolute Gasteiger partial charge is 0.253 e. The third-order valence-corrected chi connectivity index (χ3v) is 4.49. The first-order valence-electron chi connectivity index (χ1n) is 9.07. The predicted octanol–water partition coefficient (Wildman–Crippen LogP) is 4.07. The van der Waals surface area contributed by atoms with Gasteiger partial charge in [0.2, 0.25) is 0 Å². The SMILES string of the molecule is CCNC(=NCc1ccc(Br)cc1)NCCc1cccc(C(=O)N(C)C)c1.I. The lowest BCUT2D eigenvalue weighted by atomic mass is 10.1. The molecule has 0 unspecified atom stereocenters. The monoisotopic (exact) mass is 558 g/mol. The average Bonchev–Trinajstić information content (AvgIpc) is 2.67. The molecule has 2 aromatic rings. The van der Waals surface area contributed by atoms with Gasteiger partial charge in [-0.3, -0.25) is 4.79 Å². The quantitative estimate of drug-likeness (QED) is 0.306. The van der Waals surface area contributed by atoms with E-state index in [0.717, 1.165) is 41.1 Å². The zero-order valence-corrected chi connectivity index (χ0v) is 20.5. The molecule has 7 heteroatoms. The van der Waals surface area contributed by atoms with E-state index in [1.165, 1.54) is 0 Å². The second-order valence-electron chi connectivity index (χ2n) is 6.40. The molecule has 2 aromatic carbocycles. The molecule has 152 valence electrons. The molecule has 28 heavy (non-hydrogen) atoms. The van der Waals surface area contributed by atoms with E-state index in [1.807, 2.05) is 43.3 Å². The number of carbonyl (C=O) groups is 1. The Morgan fingerprint density at radius 3 is 2.43 bits per heavy atom. The summed E-state index contributed by atoms with van der Waals surface area (Å²) < 4.78 is 1.07. The van der Waals surface area contributed by atoms with E-state index >= 15 is 0 Å². The fourth-order valence-corrected chi connectivity index (χ4v) is 2.81. The van der Waals surface area contributed by atoms with Gasteiger partial charge in [0.15, 0.2) is 5.96 Å². The number of carbonyl (C=O) groups excluding carboxylic acids is 1. The summed E-state index contributed by atoms with van der Waals surface area (Å²) in [7, 11) is 3.53. The van der Waals surface area contributed by atoms with Crippen molar-refractivity contribution < 1.29 is 4.79 Å². The number of aliphatic imine (C=N–C) groups is 1. The van der Waals surface area contributed by atoms with E-state index < -0.39 is 0 Å². The molecule has 2 N–H and O–H groups in total. The number of hydrogen-bond donors (Lipinski definition) is 2. The minimum atomic E-state index is 0. The van der Waals surface area contributed by atoms with Crippen molar-refractivity contribution in [2.24, 2.45) is 4.99 Å². The zero-order chi connectivity index (χ0) is 19.6. The van der Waals surface area contributed by atoms with Crippen molar-refractivity contribution in [3.8, 4) is 0 Å². The van der Waals surface area contributed by atoms with Gasteiger partial charge in [0.05, 0.1) is 6.54 Å². The maximum atomic E-state index is 12.1. The number of benzene rings is 2. The molecule has 0 aliphatic carbocycles. The molecule has 1 amide bonds. The molecule has 0 saturated heterocycles. The Kier molecular flexibility index (Phi) is 11.1. The zero-order valence-electron chi connectivity index (χ0n) is 16.5. The van der Waals surface area contributed by atoms with Gasteiger partial charge < -0.3 is 15.5 Å². The van der Waals surface area contributed by atoms with Crippen LogP contribution in [0.15, 0.2) is 58.0 Å². The molecule has 0 spiro atoms. The summed E-state index contributed by atoms with van der Waals surface area (Å²) in [5.74, 6) is 0.815. The van der Waals surface area contributed by atoms with E-state index in [9.17, 15) is 4.79 Å². The molecule has 0 aliphatic rings. The van der Waals surface area contributed by atoms with Gasteiger partial charge in [-0.1, -0.05) is 40.2 Å². The molecule has 0 aromatic heterocycles. The number of hydrogen-bond acceptors (Lipinski definition) is 2. The standard InChI is InChI=1S/C21H27BrN4O.HI/c1-4-23-21(25-15-17-8-10-19(22)11-9-17)24-13-12-16-6-5-7-18(14-16)20(27)26(2)3;/h5-11,14H,4,12-13,15H2,1-3H3,(H2,23,24,25);1H. The number of nitrogens with zero attached hydrogens (tertiary/aromatic N) is 2.